The summed E-state index contributed by atoms with van der Waals surface area (Å²) in [5.41, 5.74) is -0.370. The first-order valence-electron chi connectivity index (χ1n) is 6.89. The van der Waals surface area contributed by atoms with Crippen molar-refractivity contribution in [3.05, 3.63) is 35.4 Å². The van der Waals surface area contributed by atoms with E-state index >= 15 is 0 Å². The molecule has 6 nitrogen and oxygen atoms in total. The lowest BCUT2D eigenvalue weighted by Crippen LogP contribution is -2.43. The molecule has 0 bridgehead atoms. The van der Waals surface area contributed by atoms with Gasteiger partial charge in [0.2, 0.25) is 5.91 Å². The van der Waals surface area contributed by atoms with Gasteiger partial charge in [-0.15, -0.1) is 0 Å². The van der Waals surface area contributed by atoms with Crippen LogP contribution in [0, 0.1) is 11.6 Å². The van der Waals surface area contributed by atoms with E-state index in [1.54, 1.807) is 0 Å². The predicted octanol–water partition coefficient (Wildman–Crippen LogP) is 0.340. The van der Waals surface area contributed by atoms with Crippen molar-refractivity contribution in [3.63, 3.8) is 0 Å². The van der Waals surface area contributed by atoms with Gasteiger partial charge >= 0.3 is 0 Å². The van der Waals surface area contributed by atoms with E-state index in [-0.39, 0.29) is 17.1 Å². The molecule has 0 aromatic heterocycles. The summed E-state index contributed by atoms with van der Waals surface area (Å²) in [6.45, 7) is -0.400. The fraction of sp³-hybridized carbons (Fsp3) is 0.429. The van der Waals surface area contributed by atoms with Gasteiger partial charge in [0, 0.05) is 19.2 Å². The lowest BCUT2D eigenvalue weighted by Gasteiger charge is -2.23. The second-order valence-corrected chi connectivity index (χ2v) is 7.60. The Bertz CT molecular complexity index is 736. The van der Waals surface area contributed by atoms with E-state index in [1.807, 2.05) is 0 Å². The molecule has 1 unspecified atom stereocenters. The second-order valence-electron chi connectivity index (χ2n) is 5.37. The highest BCUT2D eigenvalue weighted by Crippen LogP contribution is 2.16. The van der Waals surface area contributed by atoms with Gasteiger partial charge in [-0.25, -0.2) is 17.2 Å². The van der Waals surface area contributed by atoms with E-state index in [9.17, 15) is 26.8 Å². The molecule has 0 aliphatic carbocycles. The number of likely N-dealkylation sites (N-methyl/N-ethyl adjacent to an activating group) is 1. The number of hydrogen-bond donors (Lipinski definition) is 1. The Kier molecular flexibility index (Phi) is 4.98. The number of rotatable bonds is 4. The number of benzene rings is 1. The van der Waals surface area contributed by atoms with Gasteiger partial charge in [-0.3, -0.25) is 9.59 Å². The Balaban J connectivity index is 1.92. The average molecular weight is 346 g/mol. The van der Waals surface area contributed by atoms with Crippen molar-refractivity contribution in [2.45, 2.75) is 12.5 Å². The van der Waals surface area contributed by atoms with Crippen molar-refractivity contribution in [2.75, 3.05) is 25.1 Å². The molecule has 1 aliphatic rings. The summed E-state index contributed by atoms with van der Waals surface area (Å²) in [6, 6.07) is 2.08. The van der Waals surface area contributed by atoms with E-state index in [0.29, 0.717) is 12.5 Å². The van der Waals surface area contributed by atoms with Crippen molar-refractivity contribution >= 4 is 21.7 Å². The number of carbonyl (C=O) groups excluding carboxylic acids is 2. The van der Waals surface area contributed by atoms with Crippen LogP contribution in [0.25, 0.3) is 0 Å². The number of amides is 2. The molecule has 1 aromatic rings. The molecule has 1 saturated heterocycles. The molecule has 1 atom stereocenters. The van der Waals surface area contributed by atoms with Crippen LogP contribution in [0.5, 0.6) is 0 Å². The van der Waals surface area contributed by atoms with Gasteiger partial charge in [0.15, 0.2) is 9.84 Å². The molecule has 0 saturated carbocycles. The fourth-order valence-corrected chi connectivity index (χ4v) is 4.11. The highest BCUT2D eigenvalue weighted by atomic mass is 32.2. The van der Waals surface area contributed by atoms with Crippen molar-refractivity contribution in [1.29, 1.82) is 0 Å². The topological polar surface area (TPSA) is 83.6 Å². The smallest absolute Gasteiger partial charge is 0.254 e. The van der Waals surface area contributed by atoms with Crippen LogP contribution in [0.4, 0.5) is 8.78 Å². The lowest BCUT2D eigenvalue weighted by molar-refractivity contribution is -0.130. The standard InChI is InChI=1S/C14H16F2N2O4S/c1-18(10-4-5-23(21,22)8-10)13(19)7-17-14(20)11-3-2-9(15)6-12(11)16/h2-3,6,10H,4-5,7-8H2,1H3,(H,17,20). The zero-order chi connectivity index (χ0) is 17.2. The fourth-order valence-electron chi connectivity index (χ4n) is 2.33. The third-order valence-corrected chi connectivity index (χ3v) is 5.48. The Labute approximate surface area is 132 Å². The summed E-state index contributed by atoms with van der Waals surface area (Å²) >= 11 is 0. The number of nitrogens with one attached hydrogen (secondary N) is 1. The molecule has 9 heteroatoms. The Morgan fingerprint density at radius 3 is 2.61 bits per heavy atom. The highest BCUT2D eigenvalue weighted by molar-refractivity contribution is 7.91. The van der Waals surface area contributed by atoms with Crippen LogP contribution in [-0.4, -0.2) is 56.3 Å². The van der Waals surface area contributed by atoms with Crippen molar-refractivity contribution in [1.82, 2.24) is 10.2 Å². The van der Waals surface area contributed by atoms with Gasteiger partial charge in [0.05, 0.1) is 23.6 Å². The lowest BCUT2D eigenvalue weighted by atomic mass is 10.2. The van der Waals surface area contributed by atoms with Crippen LogP contribution >= 0.6 is 0 Å². The van der Waals surface area contributed by atoms with E-state index in [1.165, 1.54) is 11.9 Å². The third-order valence-electron chi connectivity index (χ3n) is 3.73. The van der Waals surface area contributed by atoms with Crippen LogP contribution in [-0.2, 0) is 14.6 Å². The minimum Gasteiger partial charge on any atom is -0.343 e. The van der Waals surface area contributed by atoms with E-state index in [4.69, 9.17) is 0 Å². The van der Waals surface area contributed by atoms with Gasteiger partial charge in [0.25, 0.3) is 5.91 Å². The van der Waals surface area contributed by atoms with Gasteiger partial charge in [-0.1, -0.05) is 0 Å². The zero-order valence-corrected chi connectivity index (χ0v) is 13.2. The summed E-state index contributed by atoms with van der Waals surface area (Å²) in [7, 11) is -1.67. The maximum atomic E-state index is 13.5. The Morgan fingerprint density at radius 1 is 1.35 bits per heavy atom. The third kappa shape index (κ3) is 4.25. The molecule has 23 heavy (non-hydrogen) atoms. The van der Waals surface area contributed by atoms with Crippen LogP contribution in [0.2, 0.25) is 0 Å². The zero-order valence-electron chi connectivity index (χ0n) is 12.4. The maximum Gasteiger partial charge on any atom is 0.254 e. The molecule has 1 aliphatic heterocycles. The number of sulfone groups is 1. The quantitative estimate of drug-likeness (QED) is 0.852. The van der Waals surface area contributed by atoms with Crippen LogP contribution in [0.3, 0.4) is 0 Å². The number of halogens is 2. The minimum atomic E-state index is -3.12. The summed E-state index contributed by atoms with van der Waals surface area (Å²) in [4.78, 5) is 25.0. The highest BCUT2D eigenvalue weighted by Gasteiger charge is 2.32. The SMILES string of the molecule is CN(C(=O)CNC(=O)c1ccc(F)cc1F)C1CCS(=O)(=O)C1. The molecule has 1 fully saturated rings. The van der Waals surface area contributed by atoms with Gasteiger partial charge in [0.1, 0.15) is 11.6 Å². The summed E-state index contributed by atoms with van der Waals surface area (Å²) in [6.07, 6.45) is 0.352. The predicted molar refractivity (Wildman–Crippen MR) is 78.5 cm³/mol. The normalized spacial score (nSPS) is 19.3. The van der Waals surface area contributed by atoms with Gasteiger partial charge in [-0.05, 0) is 18.6 Å². The first-order chi connectivity index (χ1) is 10.7. The molecular weight excluding hydrogens is 330 g/mol. The van der Waals surface area contributed by atoms with E-state index in [2.05, 4.69) is 5.32 Å². The summed E-state index contributed by atoms with van der Waals surface area (Å²) in [5, 5.41) is 2.24. The monoisotopic (exact) mass is 346 g/mol. The Hall–Kier alpha value is -2.03. The summed E-state index contributed by atoms with van der Waals surface area (Å²) < 4.78 is 49.0. The maximum absolute atomic E-state index is 13.5. The van der Waals surface area contributed by atoms with E-state index < -0.39 is 45.9 Å². The van der Waals surface area contributed by atoms with Crippen molar-refractivity contribution in [3.8, 4) is 0 Å². The van der Waals surface area contributed by atoms with Crippen LogP contribution in [0.15, 0.2) is 18.2 Å². The van der Waals surface area contributed by atoms with Gasteiger partial charge < -0.3 is 10.2 Å². The molecule has 0 spiro atoms. The van der Waals surface area contributed by atoms with Gasteiger partial charge in [-0.2, -0.15) is 0 Å². The molecule has 0 radical (unpaired) electrons. The Morgan fingerprint density at radius 2 is 2.04 bits per heavy atom. The second kappa shape index (κ2) is 6.61. The molecule has 126 valence electrons. The van der Waals surface area contributed by atoms with Crippen LogP contribution < -0.4 is 5.32 Å². The van der Waals surface area contributed by atoms with Crippen molar-refractivity contribution in [2.24, 2.45) is 0 Å². The molecule has 2 amide bonds. The minimum absolute atomic E-state index is 0.0302. The average Bonchev–Trinajstić information content (AvgIpc) is 2.83. The molecular formula is C14H16F2N2O4S. The number of hydrogen-bond acceptors (Lipinski definition) is 4. The van der Waals surface area contributed by atoms with Crippen molar-refractivity contribution < 1.29 is 26.8 Å². The molecule has 1 N–H and O–H groups in total. The first kappa shape index (κ1) is 17.3. The largest absolute Gasteiger partial charge is 0.343 e. The number of nitrogens with zero attached hydrogens (tertiary/aromatic N) is 1. The van der Waals surface area contributed by atoms with Crippen LogP contribution in [0.1, 0.15) is 16.8 Å². The first-order valence-corrected chi connectivity index (χ1v) is 8.71. The molecule has 2 rings (SSSR count). The van der Waals surface area contributed by atoms with E-state index in [0.717, 1.165) is 12.1 Å². The number of carbonyl (C=O) groups is 2. The molecule has 1 heterocycles. The molecule has 1 aromatic carbocycles. The summed E-state index contributed by atoms with van der Waals surface area (Å²) in [5.74, 6) is -3.23.